The van der Waals surface area contributed by atoms with Crippen LogP contribution in [-0.2, 0) is 13.0 Å². The zero-order chi connectivity index (χ0) is 21.8. The quantitative estimate of drug-likeness (QED) is 0.490. The van der Waals surface area contributed by atoms with E-state index >= 15 is 0 Å². The summed E-state index contributed by atoms with van der Waals surface area (Å²) in [4.78, 5) is 25.5. The molecule has 0 aliphatic heterocycles. The van der Waals surface area contributed by atoms with Gasteiger partial charge in [-0.3, -0.25) is 9.36 Å². The van der Waals surface area contributed by atoms with E-state index in [2.05, 4.69) is 44.5 Å². The largest absolute Gasteiger partial charge is 0.347 e. The number of benzene rings is 1. The third-order valence-electron chi connectivity index (χ3n) is 4.92. The molecule has 31 heavy (non-hydrogen) atoms. The molecule has 4 rings (SSSR count). The zero-order valence-electron chi connectivity index (χ0n) is 17.7. The lowest BCUT2D eigenvalue weighted by molar-refractivity contribution is 0.0946. The molecular weight excluding hydrogens is 392 g/mol. The fourth-order valence-corrected chi connectivity index (χ4v) is 2.98. The normalized spacial score (nSPS) is 11.1. The summed E-state index contributed by atoms with van der Waals surface area (Å²) in [6.07, 6.45) is 5.87. The van der Waals surface area contributed by atoms with Crippen LogP contribution in [0.2, 0.25) is 0 Å². The highest BCUT2D eigenvalue weighted by molar-refractivity contribution is 5.92. The predicted molar refractivity (Wildman–Crippen MR) is 116 cm³/mol. The number of rotatable bonds is 7. The second-order valence-electron chi connectivity index (χ2n) is 7.54. The first kappa shape index (κ1) is 20.5. The maximum absolute atomic E-state index is 12.4. The number of aromatic nitrogens is 5. The van der Waals surface area contributed by atoms with E-state index < -0.39 is 0 Å². The van der Waals surface area contributed by atoms with Crippen molar-refractivity contribution in [2.24, 2.45) is 0 Å². The average molecular weight is 416 g/mol. The van der Waals surface area contributed by atoms with Gasteiger partial charge in [0.15, 0.2) is 5.82 Å². The minimum Gasteiger partial charge on any atom is -0.347 e. The van der Waals surface area contributed by atoms with Crippen molar-refractivity contribution in [2.45, 2.75) is 39.7 Å². The average Bonchev–Trinajstić information content (AvgIpc) is 3.48. The topological polar surface area (TPSA) is 98.7 Å². The van der Waals surface area contributed by atoms with E-state index in [-0.39, 0.29) is 11.8 Å². The molecular formula is C23H24N6O2. The summed E-state index contributed by atoms with van der Waals surface area (Å²) in [5, 5.41) is 6.87. The molecule has 0 aliphatic rings. The summed E-state index contributed by atoms with van der Waals surface area (Å²) in [6, 6.07) is 11.9. The standard InChI is InChI=1S/C23H24N6O2/c1-4-16-5-7-17(8-6-16)11-25-22(30)19-13-29(14-26-19)20-10-9-18(12-24-20)23-27-21(15(2)3)28-31-23/h5-10,12-15H,4,11H2,1-3H3,(H,25,30). The lowest BCUT2D eigenvalue weighted by Gasteiger charge is -2.04. The Balaban J connectivity index is 1.40. The van der Waals surface area contributed by atoms with E-state index in [1.165, 1.54) is 5.56 Å². The molecule has 0 saturated carbocycles. The number of aryl methyl sites for hydroxylation is 1. The monoisotopic (exact) mass is 416 g/mol. The van der Waals surface area contributed by atoms with Crippen molar-refractivity contribution in [3.8, 4) is 17.3 Å². The van der Waals surface area contributed by atoms with Crippen LogP contribution in [0.4, 0.5) is 0 Å². The Morgan fingerprint density at radius 3 is 2.52 bits per heavy atom. The van der Waals surface area contributed by atoms with Gasteiger partial charge in [-0.05, 0) is 29.7 Å². The molecule has 158 valence electrons. The van der Waals surface area contributed by atoms with Crippen molar-refractivity contribution in [3.63, 3.8) is 0 Å². The highest BCUT2D eigenvalue weighted by atomic mass is 16.5. The second-order valence-corrected chi connectivity index (χ2v) is 7.54. The van der Waals surface area contributed by atoms with E-state index in [1.54, 1.807) is 23.3 Å². The van der Waals surface area contributed by atoms with E-state index in [0.717, 1.165) is 17.5 Å². The van der Waals surface area contributed by atoms with Crippen molar-refractivity contribution < 1.29 is 9.32 Å². The summed E-state index contributed by atoms with van der Waals surface area (Å²) in [5.41, 5.74) is 3.38. The van der Waals surface area contributed by atoms with Gasteiger partial charge in [0, 0.05) is 24.9 Å². The highest BCUT2D eigenvalue weighted by Crippen LogP contribution is 2.20. The number of amides is 1. The first-order chi connectivity index (χ1) is 15.0. The van der Waals surface area contributed by atoms with Crippen LogP contribution in [-0.4, -0.2) is 30.6 Å². The van der Waals surface area contributed by atoms with Gasteiger partial charge < -0.3 is 9.84 Å². The smallest absolute Gasteiger partial charge is 0.271 e. The molecule has 1 amide bonds. The SMILES string of the molecule is CCc1ccc(CNC(=O)c2cn(-c3ccc(-c4nc(C(C)C)no4)cn3)cn2)cc1. The molecule has 0 atom stereocenters. The molecule has 3 heterocycles. The first-order valence-corrected chi connectivity index (χ1v) is 10.2. The van der Waals surface area contributed by atoms with E-state index in [0.29, 0.717) is 29.8 Å². The zero-order valence-corrected chi connectivity index (χ0v) is 17.7. The number of nitrogens with one attached hydrogen (secondary N) is 1. The fourth-order valence-electron chi connectivity index (χ4n) is 2.98. The third kappa shape index (κ3) is 4.69. The molecule has 3 aromatic heterocycles. The van der Waals surface area contributed by atoms with Crippen molar-refractivity contribution in [2.75, 3.05) is 0 Å². The molecule has 8 heteroatoms. The fraction of sp³-hybridized carbons (Fsp3) is 0.261. The van der Waals surface area contributed by atoms with Crippen molar-refractivity contribution in [1.82, 2.24) is 30.0 Å². The van der Waals surface area contributed by atoms with Crippen molar-refractivity contribution >= 4 is 5.91 Å². The molecule has 0 radical (unpaired) electrons. The van der Waals surface area contributed by atoms with Gasteiger partial charge in [0.25, 0.3) is 11.8 Å². The predicted octanol–water partition coefficient (Wildman–Crippen LogP) is 3.93. The molecule has 4 aromatic rings. The minimum atomic E-state index is -0.234. The highest BCUT2D eigenvalue weighted by Gasteiger charge is 2.13. The van der Waals surface area contributed by atoms with Gasteiger partial charge in [0.1, 0.15) is 17.8 Å². The summed E-state index contributed by atoms with van der Waals surface area (Å²) in [7, 11) is 0. The summed E-state index contributed by atoms with van der Waals surface area (Å²) >= 11 is 0. The van der Waals surface area contributed by atoms with Gasteiger partial charge in [0.2, 0.25) is 0 Å². The van der Waals surface area contributed by atoms with Crippen LogP contribution in [0.3, 0.4) is 0 Å². The summed E-state index contributed by atoms with van der Waals surface area (Å²) < 4.78 is 6.99. The number of carbonyl (C=O) groups is 1. The Hall–Kier alpha value is -3.81. The van der Waals surface area contributed by atoms with Gasteiger partial charge in [-0.1, -0.05) is 50.2 Å². The van der Waals surface area contributed by atoms with E-state index in [9.17, 15) is 4.79 Å². The van der Waals surface area contributed by atoms with Gasteiger partial charge in [-0.25, -0.2) is 9.97 Å². The molecule has 0 unspecified atom stereocenters. The molecule has 1 aromatic carbocycles. The number of carbonyl (C=O) groups excluding carboxylic acids is 1. The first-order valence-electron chi connectivity index (χ1n) is 10.2. The molecule has 1 N–H and O–H groups in total. The number of hydrogen-bond acceptors (Lipinski definition) is 6. The van der Waals surface area contributed by atoms with Crippen LogP contribution in [0.5, 0.6) is 0 Å². The van der Waals surface area contributed by atoms with Crippen LogP contribution in [0, 0.1) is 0 Å². The number of nitrogens with zero attached hydrogens (tertiary/aromatic N) is 5. The van der Waals surface area contributed by atoms with Gasteiger partial charge in [-0.2, -0.15) is 4.98 Å². The summed E-state index contributed by atoms with van der Waals surface area (Å²) in [5.74, 6) is 1.68. The maximum atomic E-state index is 12.4. The van der Waals surface area contributed by atoms with Crippen LogP contribution < -0.4 is 5.32 Å². The number of pyridine rings is 1. The molecule has 0 bridgehead atoms. The van der Waals surface area contributed by atoms with E-state index in [1.807, 2.05) is 38.1 Å². The van der Waals surface area contributed by atoms with Gasteiger partial charge in [0.05, 0.1) is 5.56 Å². The van der Waals surface area contributed by atoms with Crippen LogP contribution in [0.15, 0.2) is 59.6 Å². The van der Waals surface area contributed by atoms with Crippen molar-refractivity contribution in [3.05, 3.63) is 77.8 Å². The number of imidazole rings is 1. The molecule has 0 fully saturated rings. The lowest BCUT2D eigenvalue weighted by atomic mass is 10.1. The Kier molecular flexibility index (Phi) is 5.88. The Morgan fingerprint density at radius 1 is 1.10 bits per heavy atom. The minimum absolute atomic E-state index is 0.191. The van der Waals surface area contributed by atoms with Crippen LogP contribution in [0.25, 0.3) is 17.3 Å². The van der Waals surface area contributed by atoms with Crippen molar-refractivity contribution in [1.29, 1.82) is 0 Å². The Bertz CT molecular complexity index is 1160. The Morgan fingerprint density at radius 2 is 1.87 bits per heavy atom. The number of hydrogen-bond donors (Lipinski definition) is 1. The maximum Gasteiger partial charge on any atom is 0.271 e. The third-order valence-corrected chi connectivity index (χ3v) is 4.92. The van der Waals surface area contributed by atoms with Gasteiger partial charge >= 0.3 is 0 Å². The molecule has 0 spiro atoms. The molecule has 0 aliphatic carbocycles. The lowest BCUT2D eigenvalue weighted by Crippen LogP contribution is -2.23. The molecule has 0 saturated heterocycles. The van der Waals surface area contributed by atoms with Gasteiger partial charge in [-0.15, -0.1) is 0 Å². The Labute approximate surface area is 180 Å². The van der Waals surface area contributed by atoms with Crippen LogP contribution >= 0.6 is 0 Å². The van der Waals surface area contributed by atoms with Crippen LogP contribution in [0.1, 0.15) is 54.1 Å². The van der Waals surface area contributed by atoms with E-state index in [4.69, 9.17) is 4.52 Å². The second kappa shape index (κ2) is 8.91. The molecule has 8 nitrogen and oxygen atoms in total. The summed E-state index contributed by atoms with van der Waals surface area (Å²) in [6.45, 7) is 6.57.